The van der Waals surface area contributed by atoms with Crippen LogP contribution in [-0.4, -0.2) is 0 Å². The minimum atomic E-state index is 0.297. The maximum atomic E-state index is 9.04. The lowest BCUT2D eigenvalue weighted by Gasteiger charge is -2.11. The summed E-state index contributed by atoms with van der Waals surface area (Å²) in [4.78, 5) is 0.640. The van der Waals surface area contributed by atoms with Crippen LogP contribution in [0.1, 0.15) is 11.1 Å². The molecule has 98 valence electrons. The van der Waals surface area contributed by atoms with Gasteiger partial charge in [0.1, 0.15) is 23.8 Å². The number of hydrogen-bond acceptors (Lipinski definition) is 5. The van der Waals surface area contributed by atoms with Gasteiger partial charge in [0.15, 0.2) is 0 Å². The molecule has 0 aliphatic heterocycles. The van der Waals surface area contributed by atoms with E-state index < -0.39 is 0 Å². The Labute approximate surface area is 121 Å². The van der Waals surface area contributed by atoms with E-state index in [1.54, 1.807) is 12.1 Å². The van der Waals surface area contributed by atoms with Gasteiger partial charge in [-0.1, -0.05) is 30.3 Å². The first-order valence-electron chi connectivity index (χ1n) is 5.81. The van der Waals surface area contributed by atoms with Crippen molar-refractivity contribution in [3.63, 3.8) is 0 Å². The van der Waals surface area contributed by atoms with Gasteiger partial charge in [0.25, 0.3) is 0 Å². The Kier molecular flexibility index (Phi) is 4.49. The van der Waals surface area contributed by atoms with Crippen molar-refractivity contribution in [2.24, 2.45) is 0 Å². The number of thioether (sulfide) groups is 1. The van der Waals surface area contributed by atoms with E-state index in [1.807, 2.05) is 41.8 Å². The molecule has 0 atom stereocenters. The molecule has 0 heterocycles. The first-order chi connectivity index (χ1) is 9.74. The zero-order valence-corrected chi connectivity index (χ0v) is 11.4. The van der Waals surface area contributed by atoms with Crippen LogP contribution < -0.4 is 10.5 Å². The zero-order valence-electron chi connectivity index (χ0n) is 10.5. The molecule has 0 spiro atoms. The van der Waals surface area contributed by atoms with Crippen LogP contribution in [0.4, 0.5) is 5.69 Å². The standard InChI is InChI=1S/C15H11N3OS/c16-8-12-6-13(20-10-17)7-14(15(12)18)19-9-11-4-2-1-3-5-11/h1-7H,9,18H2. The predicted molar refractivity (Wildman–Crippen MR) is 77.8 cm³/mol. The lowest BCUT2D eigenvalue weighted by atomic mass is 10.2. The SMILES string of the molecule is N#CSc1cc(C#N)c(N)c(OCc2ccccc2)c1. The second-order valence-electron chi connectivity index (χ2n) is 3.96. The third-order valence-electron chi connectivity index (χ3n) is 2.64. The Balaban J connectivity index is 2.25. The van der Waals surface area contributed by atoms with Crippen molar-refractivity contribution in [2.45, 2.75) is 11.5 Å². The number of nitrogens with two attached hydrogens (primary N) is 1. The molecule has 0 aliphatic carbocycles. The summed E-state index contributed by atoms with van der Waals surface area (Å²) >= 11 is 0.968. The second kappa shape index (κ2) is 6.51. The van der Waals surface area contributed by atoms with E-state index in [-0.39, 0.29) is 0 Å². The first kappa shape index (κ1) is 13.8. The van der Waals surface area contributed by atoms with Crippen LogP contribution in [0.5, 0.6) is 5.75 Å². The molecule has 20 heavy (non-hydrogen) atoms. The molecular weight excluding hydrogens is 270 g/mol. The summed E-state index contributed by atoms with van der Waals surface area (Å²) in [5.74, 6) is 0.422. The number of nitrogens with zero attached hydrogens (tertiary/aromatic N) is 2. The maximum absolute atomic E-state index is 9.04. The molecule has 2 rings (SSSR count). The molecule has 0 fully saturated rings. The summed E-state index contributed by atoms with van der Waals surface area (Å²) in [6.45, 7) is 0.358. The minimum absolute atomic E-state index is 0.297. The molecule has 0 aromatic heterocycles. The fraction of sp³-hybridized carbons (Fsp3) is 0.0667. The lowest BCUT2D eigenvalue weighted by Crippen LogP contribution is -2.01. The van der Waals surface area contributed by atoms with Crippen LogP contribution in [0.25, 0.3) is 0 Å². The molecule has 0 aliphatic rings. The van der Waals surface area contributed by atoms with Crippen LogP contribution in [0.15, 0.2) is 47.4 Å². The van der Waals surface area contributed by atoms with Gasteiger partial charge in [-0.15, -0.1) is 0 Å². The summed E-state index contributed by atoms with van der Waals surface area (Å²) in [5, 5.41) is 19.7. The van der Waals surface area contributed by atoms with Gasteiger partial charge in [-0.25, -0.2) is 0 Å². The van der Waals surface area contributed by atoms with E-state index in [0.717, 1.165) is 17.3 Å². The quantitative estimate of drug-likeness (QED) is 0.528. The molecule has 0 saturated heterocycles. The predicted octanol–water partition coefficient (Wildman–Crippen LogP) is 3.29. The maximum Gasteiger partial charge on any atom is 0.145 e. The average Bonchev–Trinajstić information content (AvgIpc) is 2.48. The van der Waals surface area contributed by atoms with Gasteiger partial charge in [0.05, 0.1) is 11.3 Å². The Morgan fingerprint density at radius 1 is 1.15 bits per heavy atom. The van der Waals surface area contributed by atoms with Crippen molar-refractivity contribution in [3.8, 4) is 17.2 Å². The van der Waals surface area contributed by atoms with E-state index >= 15 is 0 Å². The number of thiocyanates is 1. The lowest BCUT2D eigenvalue weighted by molar-refractivity contribution is 0.307. The van der Waals surface area contributed by atoms with E-state index in [2.05, 4.69) is 0 Å². The Morgan fingerprint density at radius 3 is 2.55 bits per heavy atom. The van der Waals surface area contributed by atoms with Crippen LogP contribution in [0.2, 0.25) is 0 Å². The minimum Gasteiger partial charge on any atom is -0.487 e. The number of anilines is 1. The fourth-order valence-electron chi connectivity index (χ4n) is 1.66. The normalized spacial score (nSPS) is 9.50. The molecule has 0 saturated carbocycles. The van der Waals surface area contributed by atoms with Crippen LogP contribution >= 0.6 is 11.8 Å². The van der Waals surface area contributed by atoms with Gasteiger partial charge >= 0.3 is 0 Å². The average molecular weight is 281 g/mol. The van der Waals surface area contributed by atoms with Crippen molar-refractivity contribution in [1.29, 1.82) is 10.5 Å². The van der Waals surface area contributed by atoms with E-state index in [1.165, 1.54) is 0 Å². The fourth-order valence-corrected chi connectivity index (χ4v) is 2.11. The Hall–Kier alpha value is -2.63. The molecule has 0 radical (unpaired) electrons. The summed E-state index contributed by atoms with van der Waals surface area (Å²) in [6, 6.07) is 14.9. The van der Waals surface area contributed by atoms with Gasteiger partial charge in [-0.3, -0.25) is 0 Å². The van der Waals surface area contributed by atoms with Gasteiger partial charge in [-0.05, 0) is 29.5 Å². The van der Waals surface area contributed by atoms with Gasteiger partial charge in [-0.2, -0.15) is 10.5 Å². The third kappa shape index (κ3) is 3.23. The Morgan fingerprint density at radius 2 is 1.90 bits per heavy atom. The third-order valence-corrected chi connectivity index (χ3v) is 3.20. The van der Waals surface area contributed by atoms with Crippen molar-refractivity contribution < 1.29 is 4.74 Å². The summed E-state index contributed by atoms with van der Waals surface area (Å²) in [5.41, 5.74) is 7.50. The van der Waals surface area contributed by atoms with Crippen molar-refractivity contribution in [3.05, 3.63) is 53.6 Å². The van der Waals surface area contributed by atoms with E-state index in [4.69, 9.17) is 21.0 Å². The molecule has 4 nitrogen and oxygen atoms in total. The van der Waals surface area contributed by atoms with Crippen molar-refractivity contribution >= 4 is 17.4 Å². The van der Waals surface area contributed by atoms with Crippen molar-refractivity contribution in [2.75, 3.05) is 5.73 Å². The zero-order chi connectivity index (χ0) is 14.4. The number of nitrogen functional groups attached to an aromatic ring is 1. The number of rotatable bonds is 4. The molecule has 5 heteroatoms. The Bertz CT molecular complexity index is 687. The molecule has 2 aromatic rings. The van der Waals surface area contributed by atoms with E-state index in [9.17, 15) is 0 Å². The highest BCUT2D eigenvalue weighted by molar-refractivity contribution is 8.03. The van der Waals surface area contributed by atoms with Gasteiger partial charge < -0.3 is 10.5 Å². The molecule has 0 bridgehead atoms. The number of ether oxygens (including phenoxy) is 1. The monoisotopic (exact) mass is 281 g/mol. The molecular formula is C15H11N3OS. The van der Waals surface area contributed by atoms with Crippen LogP contribution in [-0.2, 0) is 6.61 Å². The van der Waals surface area contributed by atoms with Crippen molar-refractivity contribution in [1.82, 2.24) is 0 Å². The number of nitriles is 2. The summed E-state index contributed by atoms with van der Waals surface area (Å²) in [7, 11) is 0. The van der Waals surface area contributed by atoms with Crippen LogP contribution in [0, 0.1) is 22.0 Å². The largest absolute Gasteiger partial charge is 0.487 e. The first-order valence-corrected chi connectivity index (χ1v) is 6.62. The highest BCUT2D eigenvalue weighted by Crippen LogP contribution is 2.32. The summed E-state index contributed by atoms with van der Waals surface area (Å²) < 4.78 is 5.65. The highest BCUT2D eigenvalue weighted by atomic mass is 32.2. The van der Waals surface area contributed by atoms with Gasteiger partial charge in [0.2, 0.25) is 0 Å². The molecule has 2 N–H and O–H groups in total. The molecule has 2 aromatic carbocycles. The molecule has 0 amide bonds. The summed E-state index contributed by atoms with van der Waals surface area (Å²) in [6.07, 6.45) is 0. The van der Waals surface area contributed by atoms with E-state index in [0.29, 0.717) is 28.5 Å². The topological polar surface area (TPSA) is 82.8 Å². The van der Waals surface area contributed by atoms with Crippen LogP contribution in [0.3, 0.4) is 0 Å². The second-order valence-corrected chi connectivity index (χ2v) is 4.82. The van der Waals surface area contributed by atoms with Gasteiger partial charge in [0, 0.05) is 4.90 Å². The number of hydrogen-bond donors (Lipinski definition) is 1. The molecule has 0 unspecified atom stereocenters. The smallest absolute Gasteiger partial charge is 0.145 e. The number of benzene rings is 2. The highest BCUT2D eigenvalue weighted by Gasteiger charge is 2.10.